The molecule has 2 aromatic rings. The van der Waals surface area contributed by atoms with Crippen molar-refractivity contribution in [3.05, 3.63) is 41.7 Å². The van der Waals surface area contributed by atoms with Gasteiger partial charge < -0.3 is 0 Å². The average molecular weight is 238 g/mol. The van der Waals surface area contributed by atoms with Gasteiger partial charge in [-0.15, -0.1) is 0 Å². The molecular weight excluding hydrogens is 230 g/mol. The first-order chi connectivity index (χ1) is 8.15. The zero-order chi connectivity index (χ0) is 12.3. The third-order valence-corrected chi connectivity index (χ3v) is 2.02. The van der Waals surface area contributed by atoms with Crippen LogP contribution in [0, 0.1) is 11.6 Å². The zero-order valence-corrected chi connectivity index (χ0v) is 8.58. The first-order valence-corrected chi connectivity index (χ1v) is 4.74. The Kier molecular flexibility index (Phi) is 3.08. The second-order valence-electron chi connectivity index (χ2n) is 3.31. The van der Waals surface area contributed by atoms with Gasteiger partial charge in [0.15, 0.2) is 11.6 Å². The Balaban J connectivity index is 2.00. The van der Waals surface area contributed by atoms with Crippen LogP contribution in [-0.4, -0.2) is 21.1 Å². The third-order valence-electron chi connectivity index (χ3n) is 2.02. The molecule has 7 heteroatoms. The summed E-state index contributed by atoms with van der Waals surface area (Å²) in [5.41, 5.74) is 0.376. The molecule has 2 N–H and O–H groups in total. The summed E-state index contributed by atoms with van der Waals surface area (Å²) in [6, 6.07) is 3.31. The molecule has 0 fully saturated rings. The molecule has 0 aliphatic rings. The van der Waals surface area contributed by atoms with E-state index in [0.717, 1.165) is 12.1 Å². The highest BCUT2D eigenvalue weighted by molar-refractivity contribution is 5.90. The summed E-state index contributed by atoms with van der Waals surface area (Å²) in [4.78, 5) is 15.2. The number of anilines is 1. The van der Waals surface area contributed by atoms with Crippen molar-refractivity contribution in [2.45, 2.75) is 6.42 Å². The fourth-order valence-corrected chi connectivity index (χ4v) is 1.28. The molecule has 0 aliphatic heterocycles. The van der Waals surface area contributed by atoms with Gasteiger partial charge in [0.1, 0.15) is 6.33 Å². The summed E-state index contributed by atoms with van der Waals surface area (Å²) in [5, 5.41) is 8.41. The number of hydrogen-bond donors (Lipinski definition) is 2. The van der Waals surface area contributed by atoms with Gasteiger partial charge in [-0.3, -0.25) is 10.1 Å². The molecule has 1 aromatic carbocycles. The van der Waals surface area contributed by atoms with E-state index in [1.165, 1.54) is 12.4 Å². The van der Waals surface area contributed by atoms with E-state index in [1.54, 1.807) is 0 Å². The molecule has 1 amide bonds. The second-order valence-corrected chi connectivity index (χ2v) is 3.31. The van der Waals surface area contributed by atoms with Gasteiger partial charge in [0.25, 0.3) is 0 Å². The van der Waals surface area contributed by atoms with Gasteiger partial charge in [0.2, 0.25) is 11.9 Å². The van der Waals surface area contributed by atoms with Crippen LogP contribution in [0.3, 0.4) is 0 Å². The van der Waals surface area contributed by atoms with E-state index < -0.39 is 17.5 Å². The Morgan fingerprint density at radius 1 is 1.35 bits per heavy atom. The Bertz CT molecular complexity index is 527. The molecule has 1 aromatic heterocycles. The van der Waals surface area contributed by atoms with E-state index in [4.69, 9.17) is 0 Å². The summed E-state index contributed by atoms with van der Waals surface area (Å²) in [6.45, 7) is 0. The van der Waals surface area contributed by atoms with Crippen molar-refractivity contribution in [3.63, 3.8) is 0 Å². The highest BCUT2D eigenvalue weighted by atomic mass is 19.2. The molecular formula is C10H8F2N4O. The number of halogens is 2. The Morgan fingerprint density at radius 3 is 2.82 bits per heavy atom. The minimum atomic E-state index is -0.977. The van der Waals surface area contributed by atoms with Crippen molar-refractivity contribution in [2.24, 2.45) is 0 Å². The second kappa shape index (κ2) is 4.69. The molecule has 0 radical (unpaired) electrons. The van der Waals surface area contributed by atoms with Crippen molar-refractivity contribution in [1.29, 1.82) is 0 Å². The van der Waals surface area contributed by atoms with Crippen LogP contribution in [0.1, 0.15) is 5.56 Å². The van der Waals surface area contributed by atoms with E-state index in [9.17, 15) is 13.6 Å². The zero-order valence-electron chi connectivity index (χ0n) is 8.58. The molecule has 0 saturated heterocycles. The van der Waals surface area contributed by atoms with Crippen LogP contribution in [0.25, 0.3) is 0 Å². The Labute approximate surface area is 94.9 Å². The van der Waals surface area contributed by atoms with Crippen LogP contribution in [0.2, 0.25) is 0 Å². The van der Waals surface area contributed by atoms with Crippen LogP contribution in [-0.2, 0) is 11.2 Å². The van der Waals surface area contributed by atoms with Gasteiger partial charge in [-0.1, -0.05) is 6.07 Å². The molecule has 0 bridgehead atoms. The summed E-state index contributed by atoms with van der Waals surface area (Å²) in [5.74, 6) is -2.11. The molecule has 2 rings (SSSR count). The van der Waals surface area contributed by atoms with E-state index >= 15 is 0 Å². The van der Waals surface area contributed by atoms with Crippen LogP contribution in [0.5, 0.6) is 0 Å². The van der Waals surface area contributed by atoms with Crippen LogP contribution in [0.4, 0.5) is 14.7 Å². The number of aromatic amines is 1. The molecule has 17 heavy (non-hydrogen) atoms. The molecule has 1 heterocycles. The van der Waals surface area contributed by atoms with Crippen molar-refractivity contribution in [1.82, 2.24) is 15.2 Å². The van der Waals surface area contributed by atoms with Gasteiger partial charge in [0, 0.05) is 0 Å². The van der Waals surface area contributed by atoms with Crippen molar-refractivity contribution in [3.8, 4) is 0 Å². The van der Waals surface area contributed by atoms with Gasteiger partial charge in [-0.2, -0.15) is 10.1 Å². The Hall–Kier alpha value is -2.31. The van der Waals surface area contributed by atoms with Gasteiger partial charge in [-0.25, -0.2) is 13.9 Å². The van der Waals surface area contributed by atoms with Gasteiger partial charge >= 0.3 is 0 Å². The summed E-state index contributed by atoms with van der Waals surface area (Å²) in [7, 11) is 0. The number of amides is 1. The van der Waals surface area contributed by atoms with E-state index in [-0.39, 0.29) is 12.4 Å². The van der Waals surface area contributed by atoms with E-state index in [1.807, 2.05) is 0 Å². The molecule has 88 valence electrons. The molecule has 0 unspecified atom stereocenters. The third kappa shape index (κ3) is 2.83. The predicted octanol–water partition coefficient (Wildman–Crippen LogP) is 1.26. The minimum Gasteiger partial charge on any atom is -0.295 e. The summed E-state index contributed by atoms with van der Waals surface area (Å²) < 4.78 is 25.5. The molecule has 0 spiro atoms. The van der Waals surface area contributed by atoms with E-state index in [0.29, 0.717) is 5.56 Å². The lowest BCUT2D eigenvalue weighted by Gasteiger charge is -2.02. The number of H-pyrrole nitrogens is 1. The van der Waals surface area contributed by atoms with Crippen molar-refractivity contribution >= 4 is 11.9 Å². The summed E-state index contributed by atoms with van der Waals surface area (Å²) >= 11 is 0. The molecule has 0 aliphatic carbocycles. The van der Waals surface area contributed by atoms with Crippen LogP contribution < -0.4 is 5.32 Å². The maximum Gasteiger partial charge on any atom is 0.231 e. The number of carbonyl (C=O) groups excluding carboxylic acids is 1. The SMILES string of the molecule is O=C(Cc1ccc(F)c(F)c1)Nc1ncn[nH]1. The number of rotatable bonds is 3. The quantitative estimate of drug-likeness (QED) is 0.845. The summed E-state index contributed by atoms with van der Waals surface area (Å²) in [6.07, 6.45) is 1.17. The number of benzene rings is 1. The normalized spacial score (nSPS) is 10.2. The highest BCUT2D eigenvalue weighted by Gasteiger charge is 2.08. The number of aromatic nitrogens is 3. The van der Waals surface area contributed by atoms with Crippen molar-refractivity contribution in [2.75, 3.05) is 5.32 Å². The number of carbonyl (C=O) groups is 1. The molecule has 0 atom stereocenters. The lowest BCUT2D eigenvalue weighted by Crippen LogP contribution is -2.15. The average Bonchev–Trinajstić information content (AvgIpc) is 2.76. The predicted molar refractivity (Wildman–Crippen MR) is 55.1 cm³/mol. The van der Waals surface area contributed by atoms with Crippen molar-refractivity contribution < 1.29 is 13.6 Å². The van der Waals surface area contributed by atoms with Gasteiger partial charge in [0.05, 0.1) is 6.42 Å². The van der Waals surface area contributed by atoms with Crippen LogP contribution in [0.15, 0.2) is 24.5 Å². The first kappa shape index (κ1) is 11.2. The van der Waals surface area contributed by atoms with Crippen LogP contribution >= 0.6 is 0 Å². The fourth-order valence-electron chi connectivity index (χ4n) is 1.28. The Morgan fingerprint density at radius 2 is 2.18 bits per heavy atom. The molecule has 0 saturated carbocycles. The maximum atomic E-state index is 12.9. The number of nitrogens with one attached hydrogen (secondary N) is 2. The monoisotopic (exact) mass is 238 g/mol. The largest absolute Gasteiger partial charge is 0.295 e. The smallest absolute Gasteiger partial charge is 0.231 e. The fraction of sp³-hybridized carbons (Fsp3) is 0.100. The lowest BCUT2D eigenvalue weighted by molar-refractivity contribution is -0.115. The highest BCUT2D eigenvalue weighted by Crippen LogP contribution is 2.09. The first-order valence-electron chi connectivity index (χ1n) is 4.74. The standard InChI is InChI=1S/C10H8F2N4O/c11-7-2-1-6(3-8(7)12)4-9(17)15-10-13-5-14-16-10/h1-3,5H,4H2,(H2,13,14,15,16,17). The van der Waals surface area contributed by atoms with E-state index in [2.05, 4.69) is 20.5 Å². The minimum absolute atomic E-state index is 0.0715. The molecule has 5 nitrogen and oxygen atoms in total. The topological polar surface area (TPSA) is 70.7 Å². The number of hydrogen-bond acceptors (Lipinski definition) is 3. The van der Waals surface area contributed by atoms with Gasteiger partial charge in [-0.05, 0) is 17.7 Å². The number of nitrogens with zero attached hydrogens (tertiary/aromatic N) is 2. The lowest BCUT2D eigenvalue weighted by atomic mass is 10.1. The maximum absolute atomic E-state index is 12.9.